The first-order chi connectivity index (χ1) is 23.2. The highest BCUT2D eigenvalue weighted by molar-refractivity contribution is 7.96. The van der Waals surface area contributed by atoms with Crippen LogP contribution in [-0.4, -0.2) is 65.0 Å². The quantitative estimate of drug-likeness (QED) is 0.0752. The topological polar surface area (TPSA) is 122 Å². The van der Waals surface area contributed by atoms with Crippen molar-refractivity contribution in [1.29, 1.82) is 0 Å². The molecule has 9 nitrogen and oxygen atoms in total. The SMILES string of the molecule is C=CCOC(=O)C(N1C(=O)[C@H]([C@@H](C)O)[C@H]1CC(=O)c1ccc(NC(=O)OC)cc1)=P(c1ccccc1)(c1ccccc1)c1ccccc1. The number of carbonyl (C=O) groups excluding carboxylic acids is 4. The summed E-state index contributed by atoms with van der Waals surface area (Å²) in [4.78, 5) is 55.6. The van der Waals surface area contributed by atoms with E-state index in [0.29, 0.717) is 11.3 Å². The second-order valence-electron chi connectivity index (χ2n) is 11.3. The number of β-lactam (4-membered cyclic amide) rings is 1. The van der Waals surface area contributed by atoms with Crippen molar-refractivity contribution in [3.05, 3.63) is 133 Å². The average Bonchev–Trinajstić information content (AvgIpc) is 3.11. The number of anilines is 1. The molecule has 1 aliphatic rings. The molecule has 0 aliphatic carbocycles. The van der Waals surface area contributed by atoms with Crippen molar-refractivity contribution in [2.75, 3.05) is 19.0 Å². The first-order valence-electron chi connectivity index (χ1n) is 15.4. The summed E-state index contributed by atoms with van der Waals surface area (Å²) < 4.78 is 10.4. The molecular formula is C38H37N2O7P. The molecule has 10 heteroatoms. The predicted molar refractivity (Wildman–Crippen MR) is 189 cm³/mol. The summed E-state index contributed by atoms with van der Waals surface area (Å²) in [6.07, 6.45) is -0.464. The summed E-state index contributed by atoms with van der Waals surface area (Å²) in [5.74, 6) is -2.44. The van der Waals surface area contributed by atoms with Crippen molar-refractivity contribution in [3.8, 4) is 0 Å². The third kappa shape index (κ3) is 6.61. The number of methoxy groups -OCH3 is 1. The first-order valence-corrected chi connectivity index (χ1v) is 17.2. The molecule has 0 spiro atoms. The van der Waals surface area contributed by atoms with E-state index in [2.05, 4.69) is 16.6 Å². The lowest BCUT2D eigenvalue weighted by molar-refractivity contribution is -0.157. The summed E-state index contributed by atoms with van der Waals surface area (Å²) in [6.45, 7) is 1.93. The van der Waals surface area contributed by atoms with Crippen LogP contribution >= 0.6 is 6.89 Å². The van der Waals surface area contributed by atoms with Gasteiger partial charge in [0.15, 0.2) is 5.78 Å². The van der Waals surface area contributed by atoms with Gasteiger partial charge in [0.1, 0.15) is 12.0 Å². The number of amides is 2. The van der Waals surface area contributed by atoms with Gasteiger partial charge in [0.2, 0.25) is 5.91 Å². The average molecular weight is 665 g/mol. The van der Waals surface area contributed by atoms with Crippen molar-refractivity contribution in [3.63, 3.8) is 0 Å². The predicted octanol–water partition coefficient (Wildman–Crippen LogP) is 4.50. The van der Waals surface area contributed by atoms with E-state index in [1.165, 1.54) is 25.0 Å². The number of hydrogen-bond donors (Lipinski definition) is 2. The molecule has 1 saturated heterocycles. The number of nitrogens with one attached hydrogen (secondary N) is 1. The van der Waals surface area contributed by atoms with Crippen LogP contribution in [0.3, 0.4) is 0 Å². The van der Waals surface area contributed by atoms with E-state index in [1.54, 1.807) is 24.3 Å². The maximum atomic E-state index is 14.5. The number of aliphatic hydroxyl groups excluding tert-OH is 1. The number of likely N-dealkylation sites (tertiary alicyclic amines) is 1. The smallest absolute Gasteiger partial charge is 0.411 e. The summed E-state index contributed by atoms with van der Waals surface area (Å²) in [5, 5.41) is 15.8. The van der Waals surface area contributed by atoms with Crippen molar-refractivity contribution in [1.82, 2.24) is 4.90 Å². The standard InChI is InChI=1S/C38H37N2O7P/c1-4-24-47-37(44)36(48(29-14-8-5-9-15-29,30-16-10-6-11-17-30)31-18-12-7-13-19-31)40-32(34(26(2)41)35(40)43)25-33(42)27-20-22-28(23-21-27)39-38(45)46-3/h4-23,26,32,34,41H,1,24-25H2,2-3H3,(H,39,45)/t26-,32-,34-/m1/s1. The van der Waals surface area contributed by atoms with Gasteiger partial charge in [-0.1, -0.05) is 104 Å². The molecule has 246 valence electrons. The number of benzene rings is 4. The molecule has 5 rings (SSSR count). The lowest BCUT2D eigenvalue weighted by Crippen LogP contribution is -2.68. The zero-order chi connectivity index (χ0) is 34.3. The molecule has 2 amide bonds. The number of aliphatic hydroxyl groups is 1. The number of rotatable bonds is 12. The van der Waals surface area contributed by atoms with E-state index in [4.69, 9.17) is 4.74 Å². The number of ether oxygens (including phenoxy) is 2. The van der Waals surface area contributed by atoms with Gasteiger partial charge in [-0.25, -0.2) is 9.59 Å². The lowest BCUT2D eigenvalue weighted by Gasteiger charge is -2.50. The third-order valence-electron chi connectivity index (χ3n) is 8.31. The molecule has 1 fully saturated rings. The molecule has 2 N–H and O–H groups in total. The van der Waals surface area contributed by atoms with E-state index in [1.807, 2.05) is 91.0 Å². The van der Waals surface area contributed by atoms with E-state index in [9.17, 15) is 24.3 Å². The summed E-state index contributed by atoms with van der Waals surface area (Å²) >= 11 is 0. The van der Waals surface area contributed by atoms with Crippen molar-refractivity contribution in [2.45, 2.75) is 25.5 Å². The Morgan fingerprint density at radius 2 is 1.38 bits per heavy atom. The van der Waals surface area contributed by atoms with Gasteiger partial charge in [-0.05, 0) is 47.1 Å². The maximum absolute atomic E-state index is 14.5. The summed E-state index contributed by atoms with van der Waals surface area (Å²) in [5.41, 5.74) is 0.884. The highest BCUT2D eigenvalue weighted by Crippen LogP contribution is 2.50. The molecule has 0 unspecified atom stereocenters. The van der Waals surface area contributed by atoms with E-state index >= 15 is 0 Å². The van der Waals surface area contributed by atoms with Crippen molar-refractivity contribution < 1.29 is 33.8 Å². The van der Waals surface area contributed by atoms with E-state index in [0.717, 1.165) is 15.9 Å². The molecule has 4 aromatic rings. The van der Waals surface area contributed by atoms with Crippen LogP contribution in [0.5, 0.6) is 0 Å². The largest absolute Gasteiger partial charge is 0.457 e. The van der Waals surface area contributed by atoms with E-state index in [-0.39, 0.29) is 24.2 Å². The monoisotopic (exact) mass is 664 g/mol. The van der Waals surface area contributed by atoms with Crippen molar-refractivity contribution >= 4 is 57.7 Å². The molecular weight excluding hydrogens is 627 g/mol. The van der Waals surface area contributed by atoms with Gasteiger partial charge in [-0.2, -0.15) is 0 Å². The van der Waals surface area contributed by atoms with Crippen LogP contribution in [-0.2, 0) is 19.1 Å². The minimum atomic E-state index is -3.18. The van der Waals surface area contributed by atoms with Gasteiger partial charge >= 0.3 is 12.1 Å². The van der Waals surface area contributed by atoms with Crippen LogP contribution < -0.4 is 21.2 Å². The zero-order valence-corrected chi connectivity index (χ0v) is 27.6. The Bertz CT molecular complexity index is 1740. The van der Waals surface area contributed by atoms with Crippen LogP contribution in [0, 0.1) is 5.92 Å². The van der Waals surface area contributed by atoms with Gasteiger partial charge < -0.3 is 19.5 Å². The molecule has 0 saturated carbocycles. The molecule has 0 radical (unpaired) electrons. The van der Waals surface area contributed by atoms with Crippen LogP contribution in [0.2, 0.25) is 0 Å². The van der Waals surface area contributed by atoms with Crippen LogP contribution in [0.1, 0.15) is 23.7 Å². The number of Topliss-reactive ketones (excluding diaryl/α,β-unsaturated/α-hetero) is 1. The Kier molecular flexibility index (Phi) is 10.7. The van der Waals surface area contributed by atoms with Crippen LogP contribution in [0.25, 0.3) is 0 Å². The number of hydrogen-bond acceptors (Lipinski definition) is 7. The summed E-state index contributed by atoms with van der Waals surface area (Å²) in [6, 6.07) is 34.0. The number of ketones is 1. The molecule has 3 atom stereocenters. The Morgan fingerprint density at radius 1 is 0.875 bits per heavy atom. The molecule has 1 aliphatic heterocycles. The Labute approximate surface area is 279 Å². The fraction of sp³-hybridized carbons (Fsp3) is 0.184. The van der Waals surface area contributed by atoms with Gasteiger partial charge in [-0.15, -0.1) is 0 Å². The Balaban J connectivity index is 1.75. The number of carbonyl (C=O) groups is 4. The van der Waals surface area contributed by atoms with Gasteiger partial charge in [-0.3, -0.25) is 14.9 Å². The highest BCUT2D eigenvalue weighted by atomic mass is 31.2. The first kappa shape index (κ1) is 34.1. The van der Waals surface area contributed by atoms with Crippen LogP contribution in [0.15, 0.2) is 128 Å². The van der Waals surface area contributed by atoms with Gasteiger partial charge in [0.05, 0.1) is 25.2 Å². The number of esters is 1. The Morgan fingerprint density at radius 3 is 1.81 bits per heavy atom. The second-order valence-corrected chi connectivity index (χ2v) is 14.6. The fourth-order valence-corrected chi connectivity index (χ4v) is 10.6. The highest BCUT2D eigenvalue weighted by Gasteiger charge is 2.55. The summed E-state index contributed by atoms with van der Waals surface area (Å²) in [7, 11) is 1.25. The zero-order valence-electron chi connectivity index (χ0n) is 26.7. The Hall–Kier alpha value is -5.24. The normalized spacial score (nSPS) is 16.2. The number of nitrogens with zero attached hydrogens (tertiary/aromatic N) is 1. The fourth-order valence-electron chi connectivity index (χ4n) is 6.16. The molecule has 4 aromatic carbocycles. The third-order valence-corrected chi connectivity index (χ3v) is 12.6. The van der Waals surface area contributed by atoms with Gasteiger partial charge in [0.25, 0.3) is 0 Å². The van der Waals surface area contributed by atoms with Crippen molar-refractivity contribution in [2.24, 2.45) is 5.92 Å². The van der Waals surface area contributed by atoms with Crippen LogP contribution in [0.4, 0.5) is 10.5 Å². The second kappa shape index (κ2) is 15.1. The molecule has 0 aromatic heterocycles. The minimum absolute atomic E-state index is 0.0991. The molecule has 0 bridgehead atoms. The van der Waals surface area contributed by atoms with Gasteiger partial charge in [0, 0.05) is 24.6 Å². The maximum Gasteiger partial charge on any atom is 0.411 e. The molecule has 48 heavy (non-hydrogen) atoms. The van der Waals surface area contributed by atoms with E-state index < -0.39 is 42.9 Å². The lowest BCUT2D eigenvalue weighted by atomic mass is 9.79. The molecule has 1 heterocycles. The minimum Gasteiger partial charge on any atom is -0.457 e.